The average Bonchev–Trinajstić information content (AvgIpc) is 3.35. The number of carbonyl (C=O) groups is 1. The van der Waals surface area contributed by atoms with E-state index >= 15 is 0 Å². The Labute approximate surface area is 412 Å². The molecule has 1 amide bonds. The van der Waals surface area contributed by atoms with Gasteiger partial charge in [0.25, 0.3) is 25.8 Å². The molecule has 2 aliphatic rings. The van der Waals surface area contributed by atoms with E-state index in [0.29, 0.717) is 55.7 Å². The summed E-state index contributed by atoms with van der Waals surface area (Å²) in [7, 11) is -8.99. The molecule has 7 rings (SSSR count). The molecule has 5 aromatic rings. The first-order valence-electron chi connectivity index (χ1n) is 22.9. The maximum absolute atomic E-state index is 14.3. The molecule has 2 saturated heterocycles. The number of benzene rings is 5. The molecule has 0 aromatic heterocycles. The summed E-state index contributed by atoms with van der Waals surface area (Å²) in [5.41, 5.74) is -2.72. The Morgan fingerprint density at radius 2 is 1.54 bits per heavy atom. The van der Waals surface area contributed by atoms with Gasteiger partial charge in [0.2, 0.25) is 0 Å². The molecule has 0 bridgehead atoms. The first kappa shape index (κ1) is 52.2. The molecule has 19 heteroatoms. The van der Waals surface area contributed by atoms with E-state index < -0.39 is 58.9 Å². The Balaban J connectivity index is 1.01. The van der Waals surface area contributed by atoms with E-state index in [1.807, 2.05) is 90.6 Å². The van der Waals surface area contributed by atoms with E-state index in [2.05, 4.69) is 25.3 Å². The molecule has 1 unspecified atom stereocenters. The number of aliphatic hydroxyl groups excluding tert-OH is 1. The third kappa shape index (κ3) is 13.8. The summed E-state index contributed by atoms with van der Waals surface area (Å²) >= 11 is 7.56. The minimum Gasteiger partial charge on any atom is -0.388 e. The van der Waals surface area contributed by atoms with Crippen LogP contribution in [0.25, 0.3) is 11.1 Å². The zero-order valence-electron chi connectivity index (χ0n) is 38.2. The zero-order chi connectivity index (χ0) is 49.2. The molecule has 2 heterocycles. The van der Waals surface area contributed by atoms with Gasteiger partial charge in [-0.05, 0) is 142 Å². The Morgan fingerprint density at radius 3 is 2.22 bits per heavy atom. The largest absolute Gasteiger partial charge is 0.501 e. The molecule has 2 aliphatic heterocycles. The highest BCUT2D eigenvalue weighted by atomic mass is 35.5. The lowest BCUT2D eigenvalue weighted by Gasteiger charge is -2.36. The lowest BCUT2D eigenvalue weighted by atomic mass is 9.84. The molecule has 0 saturated carbocycles. The van der Waals surface area contributed by atoms with Crippen LogP contribution in [0.5, 0.6) is 0 Å². The molecule has 2 fully saturated rings. The third-order valence-corrected chi connectivity index (χ3v) is 16.9. The second-order valence-corrected chi connectivity index (χ2v) is 22.6. The number of aliphatic hydroxyl groups is 1. The quantitative estimate of drug-likeness (QED) is 0.0554. The number of sulfone groups is 1. The summed E-state index contributed by atoms with van der Waals surface area (Å²) in [5, 5.41) is 18.5. The SMILES string of the molecule is CN(CCCN1CCNCC1)CCC(CSc1ccccc1)Nc1ccc(S(=O)(=O)NC(=O)c2ccc(N3CCC([C@H](O)c4ccccc4-c4ccc(Cl)cc4)CC3)cc2)cc1S(=O)(=O)C(F)(F)F. The number of nitrogens with one attached hydrogen (secondary N) is 3. The van der Waals surface area contributed by atoms with Crippen LogP contribution in [0.1, 0.15) is 47.7 Å². The van der Waals surface area contributed by atoms with Gasteiger partial charge in [0.1, 0.15) is 4.90 Å². The monoisotopic (exact) mass is 1030 g/mol. The fraction of sp³-hybridized carbons (Fsp3) is 0.380. The second-order valence-electron chi connectivity index (χ2n) is 17.5. The van der Waals surface area contributed by atoms with Crippen molar-refractivity contribution < 1.29 is 39.9 Å². The van der Waals surface area contributed by atoms with Gasteiger partial charge in [-0.2, -0.15) is 13.2 Å². The normalized spacial score (nSPS) is 16.3. The van der Waals surface area contributed by atoms with Gasteiger partial charge in [-0.3, -0.25) is 4.79 Å². The number of piperazine rings is 1. The number of sulfonamides is 1. The molecule has 2 atom stereocenters. The first-order chi connectivity index (χ1) is 33.0. The molecule has 0 aliphatic carbocycles. The summed E-state index contributed by atoms with van der Waals surface area (Å²) < 4.78 is 98.3. The van der Waals surface area contributed by atoms with Crippen molar-refractivity contribution in [3.63, 3.8) is 0 Å². The Morgan fingerprint density at radius 1 is 0.870 bits per heavy atom. The van der Waals surface area contributed by atoms with E-state index in [4.69, 9.17) is 11.6 Å². The molecular formula is C50H58ClF3N6O6S3. The third-order valence-electron chi connectivity index (χ3n) is 12.6. The molecule has 0 radical (unpaired) electrons. The molecule has 370 valence electrons. The maximum Gasteiger partial charge on any atom is 0.501 e. The number of hydrogen-bond donors (Lipinski definition) is 4. The second kappa shape index (κ2) is 23.5. The Hall–Kier alpha value is -4.66. The zero-order valence-corrected chi connectivity index (χ0v) is 41.5. The van der Waals surface area contributed by atoms with Crippen molar-refractivity contribution in [1.29, 1.82) is 0 Å². The van der Waals surface area contributed by atoms with E-state index in [1.165, 1.54) is 23.9 Å². The van der Waals surface area contributed by atoms with Crippen LogP contribution in [0.15, 0.2) is 136 Å². The van der Waals surface area contributed by atoms with Crippen molar-refractivity contribution in [3.05, 3.63) is 137 Å². The predicted octanol–water partition coefficient (Wildman–Crippen LogP) is 8.56. The van der Waals surface area contributed by atoms with Crippen molar-refractivity contribution in [1.82, 2.24) is 19.8 Å². The Kier molecular flexibility index (Phi) is 17.8. The fourth-order valence-corrected chi connectivity index (χ4v) is 11.8. The summed E-state index contributed by atoms with van der Waals surface area (Å²) in [6.45, 7) is 7.36. The summed E-state index contributed by atoms with van der Waals surface area (Å²) in [6.07, 6.45) is 2.02. The van der Waals surface area contributed by atoms with Gasteiger partial charge in [-0.15, -0.1) is 11.8 Å². The highest BCUT2D eigenvalue weighted by Gasteiger charge is 2.48. The number of thioether (sulfide) groups is 1. The lowest BCUT2D eigenvalue weighted by molar-refractivity contribution is -0.0435. The van der Waals surface area contributed by atoms with Crippen molar-refractivity contribution in [3.8, 4) is 11.1 Å². The van der Waals surface area contributed by atoms with Crippen molar-refractivity contribution in [2.45, 2.75) is 58.0 Å². The van der Waals surface area contributed by atoms with Crippen LogP contribution in [0.3, 0.4) is 0 Å². The van der Waals surface area contributed by atoms with E-state index in [1.54, 1.807) is 12.1 Å². The average molecular weight is 1030 g/mol. The van der Waals surface area contributed by atoms with Crippen LogP contribution in [-0.2, 0) is 19.9 Å². The van der Waals surface area contributed by atoms with Gasteiger partial charge < -0.3 is 30.4 Å². The van der Waals surface area contributed by atoms with Crippen LogP contribution in [0.2, 0.25) is 5.02 Å². The van der Waals surface area contributed by atoms with Crippen LogP contribution >= 0.6 is 23.4 Å². The topological polar surface area (TPSA) is 151 Å². The van der Waals surface area contributed by atoms with Crippen LogP contribution in [0.4, 0.5) is 24.5 Å². The number of amides is 1. The summed E-state index contributed by atoms with van der Waals surface area (Å²) in [6, 6.07) is 32.7. The van der Waals surface area contributed by atoms with Gasteiger partial charge in [0, 0.05) is 72.2 Å². The predicted molar refractivity (Wildman–Crippen MR) is 268 cm³/mol. The maximum atomic E-state index is 14.3. The number of carbonyl (C=O) groups excluding carboxylic acids is 1. The molecule has 5 aromatic carbocycles. The number of halogens is 4. The van der Waals surface area contributed by atoms with Crippen LogP contribution in [0, 0.1) is 5.92 Å². The fourth-order valence-electron chi connectivity index (χ4n) is 8.69. The molecular weight excluding hydrogens is 969 g/mol. The van der Waals surface area contributed by atoms with Crippen molar-refractivity contribution in [2.75, 3.05) is 81.9 Å². The van der Waals surface area contributed by atoms with Crippen LogP contribution < -0.4 is 20.3 Å². The number of hydrogen-bond acceptors (Lipinski definition) is 12. The lowest BCUT2D eigenvalue weighted by Crippen LogP contribution is -2.44. The molecule has 0 spiro atoms. The number of alkyl halides is 3. The first-order valence-corrected chi connectivity index (χ1v) is 27.3. The van der Waals surface area contributed by atoms with Gasteiger partial charge in [-0.25, -0.2) is 21.6 Å². The van der Waals surface area contributed by atoms with Gasteiger partial charge in [0.05, 0.1) is 16.7 Å². The molecule has 4 N–H and O–H groups in total. The van der Waals surface area contributed by atoms with Gasteiger partial charge in [-0.1, -0.05) is 66.2 Å². The van der Waals surface area contributed by atoms with E-state index in [-0.39, 0.29) is 11.5 Å². The highest BCUT2D eigenvalue weighted by molar-refractivity contribution is 7.99. The van der Waals surface area contributed by atoms with Crippen LogP contribution in [-0.4, -0.2) is 121 Å². The van der Waals surface area contributed by atoms with Crippen molar-refractivity contribution >= 4 is 60.5 Å². The number of anilines is 2. The molecule has 69 heavy (non-hydrogen) atoms. The smallest absolute Gasteiger partial charge is 0.388 e. The van der Waals surface area contributed by atoms with E-state index in [0.717, 1.165) is 85.1 Å². The summed E-state index contributed by atoms with van der Waals surface area (Å²) in [5.74, 6) is -0.711. The molecule has 12 nitrogen and oxygen atoms in total. The van der Waals surface area contributed by atoms with E-state index in [9.17, 15) is 39.9 Å². The Bertz CT molecular complexity index is 2710. The van der Waals surface area contributed by atoms with Gasteiger partial charge in [0.15, 0.2) is 0 Å². The highest BCUT2D eigenvalue weighted by Crippen LogP contribution is 2.39. The number of rotatable bonds is 20. The minimum atomic E-state index is -6.08. The number of nitrogens with zero attached hydrogens (tertiary/aromatic N) is 3. The van der Waals surface area contributed by atoms with Crippen molar-refractivity contribution in [2.24, 2.45) is 5.92 Å². The number of piperidine rings is 1. The summed E-state index contributed by atoms with van der Waals surface area (Å²) in [4.78, 5) is 18.8. The standard InChI is InChI=1S/C50H58ClF3N6O6S3/c1-58(27-7-28-59-32-25-55-26-33-59)29-24-40(35-67-42-8-3-2-4-9-42)56-46-21-20-43(34-47(46)68(63,64)50(52,53)54)69(65,66)57-49(62)38-14-18-41(19-15-38)60-30-22-37(23-31-60)48(61)45-11-6-5-10-44(45)36-12-16-39(51)17-13-36/h2-6,8-21,34,37,40,48,55-56,61H,7,22-33,35H2,1H3,(H,57,62)/t40?,48-/m0/s1. The minimum absolute atomic E-state index is 0.0176. The van der Waals surface area contributed by atoms with Gasteiger partial charge >= 0.3 is 5.51 Å².